The molecule has 72 heavy (non-hydrogen) atoms. The van der Waals surface area contributed by atoms with Gasteiger partial charge in [0.2, 0.25) is 0 Å². The summed E-state index contributed by atoms with van der Waals surface area (Å²) in [5.41, 5.74) is -13.4. The van der Waals surface area contributed by atoms with Crippen LogP contribution < -0.4 is 21.4 Å². The van der Waals surface area contributed by atoms with Crippen LogP contribution in [0.15, 0.2) is 146 Å². The summed E-state index contributed by atoms with van der Waals surface area (Å²) in [6, 6.07) is 33.9. The Morgan fingerprint density at radius 1 is 0.319 bits per heavy atom. The molecule has 1 aliphatic rings. The van der Waals surface area contributed by atoms with Gasteiger partial charge in [0.05, 0.1) is 45.0 Å². The number of aromatic amines is 2. The van der Waals surface area contributed by atoms with E-state index in [1.807, 2.05) is 0 Å². The first-order valence-corrected chi connectivity index (χ1v) is 24.5. The average Bonchev–Trinajstić information content (AvgIpc) is 4.15. The molecule has 18 heteroatoms. The zero-order valence-corrected chi connectivity index (χ0v) is 40.5. The summed E-state index contributed by atoms with van der Waals surface area (Å²) in [6.45, 7) is -0.865. The highest BCUT2D eigenvalue weighted by atomic mass is 79.9. The highest BCUT2D eigenvalue weighted by molar-refractivity contribution is 9.09. The molecule has 8 aromatic rings. The largest absolute Gasteiger partial charge is 0.419 e. The average molecular weight is 1130 g/mol. The van der Waals surface area contributed by atoms with Gasteiger partial charge in [0, 0.05) is 67.4 Å². The lowest BCUT2D eigenvalue weighted by Gasteiger charge is -2.20. The number of alkyl halides is 14. The Labute approximate surface area is 419 Å². The summed E-state index contributed by atoms with van der Waals surface area (Å²) in [7, 11) is 0. The van der Waals surface area contributed by atoms with Crippen LogP contribution >= 0.6 is 31.9 Å². The Bertz CT molecular complexity index is 3070. The molecule has 5 heterocycles. The van der Waals surface area contributed by atoms with E-state index in [2.05, 4.69) is 41.8 Å². The number of hydrogen-bond donors (Lipinski definition) is 2. The maximum Gasteiger partial charge on any atom is 0.419 e. The minimum Gasteiger partial charge on any atom is -0.354 e. The van der Waals surface area contributed by atoms with Crippen molar-refractivity contribution in [2.75, 3.05) is 10.7 Å². The van der Waals surface area contributed by atoms with Crippen LogP contribution in [0.5, 0.6) is 0 Å². The van der Waals surface area contributed by atoms with E-state index in [0.29, 0.717) is 0 Å². The van der Waals surface area contributed by atoms with Gasteiger partial charge in [-0.15, -0.1) is 0 Å². The molecule has 0 radical (unpaired) electrons. The monoisotopic (exact) mass is 1130 g/mol. The number of fused-ring (bicyclic) bond motifs is 8. The normalized spacial score (nSPS) is 16.6. The van der Waals surface area contributed by atoms with Crippen molar-refractivity contribution in [2.24, 2.45) is 0 Å². The summed E-state index contributed by atoms with van der Waals surface area (Å²) < 4.78 is 197. The van der Waals surface area contributed by atoms with Crippen molar-refractivity contribution in [3.63, 3.8) is 0 Å². The molecule has 0 saturated heterocycles. The van der Waals surface area contributed by atoms with Crippen LogP contribution in [0.4, 0.5) is 52.7 Å². The van der Waals surface area contributed by atoms with Gasteiger partial charge < -0.3 is 19.1 Å². The molecule has 0 spiro atoms. The van der Waals surface area contributed by atoms with E-state index in [0.717, 1.165) is 9.13 Å². The number of halogens is 14. The van der Waals surface area contributed by atoms with Gasteiger partial charge in [-0.05, 0) is 59.4 Å². The van der Waals surface area contributed by atoms with E-state index >= 15 is 52.7 Å². The smallest absolute Gasteiger partial charge is 0.354 e. The molecule has 0 saturated carbocycles. The highest BCUT2D eigenvalue weighted by Crippen LogP contribution is 2.52. The second-order valence-corrected chi connectivity index (χ2v) is 18.4. The van der Waals surface area contributed by atoms with Gasteiger partial charge in [-0.3, -0.25) is 0 Å². The second kappa shape index (κ2) is 19.6. The van der Waals surface area contributed by atoms with Crippen molar-refractivity contribution in [1.29, 1.82) is 0 Å². The lowest BCUT2D eigenvalue weighted by Crippen LogP contribution is -2.24. The quantitative estimate of drug-likeness (QED) is 0.101. The van der Waals surface area contributed by atoms with Crippen molar-refractivity contribution >= 4 is 54.2 Å². The van der Waals surface area contributed by atoms with Crippen LogP contribution in [0.25, 0.3) is 22.3 Å². The molecule has 2 N–H and O–H groups in total. The van der Waals surface area contributed by atoms with Gasteiger partial charge in [0.1, 0.15) is 0 Å². The molecule has 0 amide bonds. The third-order valence-electron chi connectivity index (χ3n) is 12.3. The van der Waals surface area contributed by atoms with Crippen molar-refractivity contribution in [3.8, 4) is 0 Å². The Kier molecular flexibility index (Phi) is 13.7. The first-order chi connectivity index (χ1) is 34.3. The number of hydrogen-bond acceptors (Lipinski definition) is 0. The van der Waals surface area contributed by atoms with Crippen LogP contribution in [0.2, 0.25) is 0 Å². The molecule has 4 nitrogen and oxygen atoms in total. The summed E-state index contributed by atoms with van der Waals surface area (Å²) in [4.78, 5) is 5.96. The Hall–Kier alpha value is -6.40. The van der Waals surface area contributed by atoms with E-state index in [1.54, 1.807) is 24.3 Å². The molecule has 4 aromatic heterocycles. The SMILES string of the molecule is FC(F)(F)c1c(C(F)(F)F)c2n(CCCBr)c1/C(c1ccccc1)=c1/cc/c([nH]1)=C(\c1ccccc1)c1c(C(F)(F)F)c(C(F)(F)F)c(n1CCCBr)/C(c1ccccc1)=c1/cc/c([nH]1)=C/2c1ccccc1. The molecule has 0 unspecified atom stereocenters. The zero-order chi connectivity index (χ0) is 51.3. The minimum absolute atomic E-state index is 0.00418. The first kappa shape index (κ1) is 50.5. The predicted molar refractivity (Wildman–Crippen MR) is 258 cm³/mol. The second-order valence-electron chi connectivity index (χ2n) is 16.8. The third kappa shape index (κ3) is 9.31. The highest BCUT2D eigenvalue weighted by Gasteiger charge is 2.53. The molecular weight excluding hydrogens is 1090 g/mol. The van der Waals surface area contributed by atoms with Gasteiger partial charge in [0.25, 0.3) is 0 Å². The first-order valence-electron chi connectivity index (χ1n) is 22.3. The fraction of sp³-hybridized carbons (Fsp3) is 0.185. The Balaban J connectivity index is 1.72. The molecule has 9 rings (SSSR count). The molecule has 0 atom stereocenters. The number of nitrogens with zero attached hydrogens (tertiary/aromatic N) is 2. The van der Waals surface area contributed by atoms with Gasteiger partial charge in [-0.1, -0.05) is 153 Å². The van der Waals surface area contributed by atoms with Crippen LogP contribution in [0.1, 0.15) is 80.1 Å². The Morgan fingerprint density at radius 2 is 0.528 bits per heavy atom. The summed E-state index contributed by atoms with van der Waals surface area (Å²) >= 11 is 6.64. The van der Waals surface area contributed by atoms with Gasteiger partial charge in [0.15, 0.2) is 0 Å². The topological polar surface area (TPSA) is 41.4 Å². The lowest BCUT2D eigenvalue weighted by atomic mass is 9.94. The minimum atomic E-state index is -5.70. The van der Waals surface area contributed by atoms with Crippen molar-refractivity contribution in [1.82, 2.24) is 19.1 Å². The van der Waals surface area contributed by atoms with Crippen molar-refractivity contribution < 1.29 is 52.7 Å². The van der Waals surface area contributed by atoms with E-state index in [4.69, 9.17) is 0 Å². The molecule has 8 bridgehead atoms. The summed E-state index contributed by atoms with van der Waals surface area (Å²) in [6.07, 6.45) is -22.8. The third-order valence-corrected chi connectivity index (χ3v) is 13.5. The van der Waals surface area contributed by atoms with Crippen LogP contribution in [0, 0.1) is 0 Å². The molecule has 0 fully saturated rings. The number of nitrogens with one attached hydrogen (secondary N) is 2. The van der Waals surface area contributed by atoms with Crippen molar-refractivity contribution in [3.05, 3.63) is 234 Å². The fourth-order valence-electron chi connectivity index (χ4n) is 9.74. The van der Waals surface area contributed by atoms with E-state index in [9.17, 15) is 0 Å². The fourth-order valence-corrected chi connectivity index (χ4v) is 10.2. The number of H-pyrrole nitrogens is 2. The molecule has 372 valence electrons. The number of benzene rings is 4. The standard InChI is InChI=1S/C54H38Br2F12N4/c55-27-13-29-71-47-39(31-15-5-1-6-16-31)35-23-24-36(69-35)40(32-17-7-2-8-18-32)49-45(53(63,64)65)46(54(66,67)68)50(72(49)30-14-28-56)42(34-21-11-4-12-22-34)38-26-25-37(70-38)41(33-19-9-3-10-20-33)48(71)44(52(60,61)62)43(47)51(57,58)59/h1-12,15-26,69-70H,13-14,27-30H2/b39-35-,40-36-,41-37-,42-38-,47-39?,48-41?,49-40?,50-42?. The van der Waals surface area contributed by atoms with Crippen LogP contribution in [-0.4, -0.2) is 29.8 Å². The molecular formula is C54H38Br2F12N4. The van der Waals surface area contributed by atoms with Crippen LogP contribution in [0.3, 0.4) is 0 Å². The van der Waals surface area contributed by atoms with E-state index in [-0.39, 0.29) is 67.2 Å². The van der Waals surface area contributed by atoms with Gasteiger partial charge in [-0.25, -0.2) is 0 Å². The van der Waals surface area contributed by atoms with Gasteiger partial charge in [-0.2, -0.15) is 52.7 Å². The number of aromatic nitrogens is 4. The van der Waals surface area contributed by atoms with E-state index < -0.39 is 105 Å². The molecule has 1 aliphatic heterocycles. The number of rotatable bonds is 10. The summed E-state index contributed by atoms with van der Waals surface area (Å²) in [5, 5.41) is -0.826. The Morgan fingerprint density at radius 3 is 0.708 bits per heavy atom. The predicted octanol–water partition coefficient (Wildman–Crippen LogP) is 12.9. The summed E-state index contributed by atoms with van der Waals surface area (Å²) in [5.74, 6) is 0. The molecule has 4 aromatic carbocycles. The lowest BCUT2D eigenvalue weighted by molar-refractivity contribution is -0.161. The van der Waals surface area contributed by atoms with Gasteiger partial charge >= 0.3 is 24.7 Å². The van der Waals surface area contributed by atoms with E-state index in [1.165, 1.54) is 121 Å². The maximum atomic E-state index is 16.3. The van der Waals surface area contributed by atoms with Crippen LogP contribution in [-0.2, 0) is 37.8 Å². The molecule has 0 aliphatic carbocycles. The van der Waals surface area contributed by atoms with Crippen molar-refractivity contribution in [2.45, 2.75) is 50.6 Å². The maximum absolute atomic E-state index is 16.3. The zero-order valence-electron chi connectivity index (χ0n) is 37.3.